The van der Waals surface area contributed by atoms with Crippen LogP contribution in [0.15, 0.2) is 64.3 Å². The van der Waals surface area contributed by atoms with Gasteiger partial charge in [0.15, 0.2) is 0 Å². The summed E-state index contributed by atoms with van der Waals surface area (Å²) in [5, 5.41) is 1.98. The number of aromatic amines is 1. The van der Waals surface area contributed by atoms with Gasteiger partial charge in [-0.2, -0.15) is 0 Å². The van der Waals surface area contributed by atoms with Gasteiger partial charge in [-0.05, 0) is 93.3 Å². The number of aromatic nitrogens is 3. The lowest BCUT2D eigenvalue weighted by Gasteiger charge is -2.32. The Balaban J connectivity index is 1.15. The molecule has 1 atom stereocenters. The van der Waals surface area contributed by atoms with Crippen molar-refractivity contribution in [1.82, 2.24) is 19.0 Å². The molecule has 1 fully saturated rings. The Labute approximate surface area is 227 Å². The van der Waals surface area contributed by atoms with Crippen LogP contribution in [-0.2, 0) is 19.5 Å². The zero-order valence-electron chi connectivity index (χ0n) is 21.8. The van der Waals surface area contributed by atoms with E-state index in [1.165, 1.54) is 33.9 Å². The molecule has 0 spiro atoms. The molecule has 2 aliphatic heterocycles. The molecule has 1 unspecified atom stereocenters. The molecule has 198 valence electrons. The Morgan fingerprint density at radius 2 is 1.74 bits per heavy atom. The van der Waals surface area contributed by atoms with Crippen LogP contribution in [0.5, 0.6) is 0 Å². The Morgan fingerprint density at radius 3 is 2.61 bits per heavy atom. The number of likely N-dealkylation sites (tertiary alicyclic amines) is 1. The predicted octanol–water partition coefficient (Wildman–Crippen LogP) is 5.81. The van der Waals surface area contributed by atoms with Crippen LogP contribution in [0.2, 0.25) is 5.02 Å². The van der Waals surface area contributed by atoms with E-state index >= 15 is 0 Å². The molecule has 1 saturated heterocycles. The molecule has 2 aliphatic rings. The summed E-state index contributed by atoms with van der Waals surface area (Å²) in [5.74, 6) is 0.537. The van der Waals surface area contributed by atoms with E-state index in [0.29, 0.717) is 29.6 Å². The third-order valence-electron chi connectivity index (χ3n) is 8.39. The fourth-order valence-electron chi connectivity index (χ4n) is 6.45. The summed E-state index contributed by atoms with van der Waals surface area (Å²) in [4.78, 5) is 33.0. The van der Waals surface area contributed by atoms with Gasteiger partial charge >= 0.3 is 5.69 Å². The first-order valence-corrected chi connectivity index (χ1v) is 14.4. The van der Waals surface area contributed by atoms with Crippen molar-refractivity contribution in [3.8, 4) is 11.1 Å². The lowest BCUT2D eigenvalue weighted by Crippen LogP contribution is -2.44. The summed E-state index contributed by atoms with van der Waals surface area (Å²) in [6, 6.07) is 16.0. The van der Waals surface area contributed by atoms with Crippen LogP contribution < -0.4 is 11.2 Å². The van der Waals surface area contributed by atoms with E-state index in [4.69, 9.17) is 11.6 Å². The molecule has 4 heterocycles. The average molecular weight is 531 g/mol. The number of hydrogen-bond acceptors (Lipinski definition) is 3. The van der Waals surface area contributed by atoms with Crippen molar-refractivity contribution >= 4 is 22.5 Å². The number of hydrogen-bond donors (Lipinski definition) is 1. The molecule has 2 aromatic heterocycles. The first kappa shape index (κ1) is 25.2. The molecule has 0 aliphatic carbocycles. The van der Waals surface area contributed by atoms with Gasteiger partial charge in [0.2, 0.25) is 0 Å². The zero-order valence-corrected chi connectivity index (χ0v) is 22.6. The summed E-state index contributed by atoms with van der Waals surface area (Å²) in [6.45, 7) is 4.30. The number of para-hydroxylation sites is 1. The highest BCUT2D eigenvalue weighted by molar-refractivity contribution is 6.30. The van der Waals surface area contributed by atoms with E-state index in [0.717, 1.165) is 63.0 Å². The Hall–Kier alpha value is -3.09. The number of nitrogens with one attached hydrogen (secondary N) is 1. The summed E-state index contributed by atoms with van der Waals surface area (Å²) < 4.78 is 3.31. The molecule has 38 heavy (non-hydrogen) atoms. The standard InChI is InChI=1S/C31H35ClN4O2/c32-24-14-12-22(13-15-24)29-28-11-3-4-18-35(28)31(38)36(30(29)37)19-6-5-16-34-17-7-8-23(21-34)26-20-33-27-10-2-1-9-25(26)27/h1-2,9-10,12-15,20,23,33H,3-8,11,16-19,21H2. The summed E-state index contributed by atoms with van der Waals surface area (Å²) in [6.07, 6.45) is 9.10. The number of nitrogens with zero attached hydrogens (tertiary/aromatic N) is 3. The largest absolute Gasteiger partial charge is 0.361 e. The minimum absolute atomic E-state index is 0.153. The van der Waals surface area contributed by atoms with Crippen molar-refractivity contribution in [1.29, 1.82) is 0 Å². The molecule has 7 heteroatoms. The number of halogens is 1. The van der Waals surface area contributed by atoms with Gasteiger partial charge in [-0.1, -0.05) is 41.9 Å². The number of rotatable bonds is 7. The first-order chi connectivity index (χ1) is 18.6. The van der Waals surface area contributed by atoms with Crippen LogP contribution in [0.25, 0.3) is 22.0 Å². The van der Waals surface area contributed by atoms with Gasteiger partial charge in [0.05, 0.1) is 5.56 Å². The van der Waals surface area contributed by atoms with E-state index in [-0.39, 0.29) is 11.2 Å². The van der Waals surface area contributed by atoms with Crippen molar-refractivity contribution < 1.29 is 0 Å². The Kier molecular flexibility index (Phi) is 7.26. The monoisotopic (exact) mass is 530 g/mol. The second-order valence-electron chi connectivity index (χ2n) is 10.8. The van der Waals surface area contributed by atoms with Crippen LogP contribution in [0.3, 0.4) is 0 Å². The second kappa shape index (κ2) is 11.0. The SMILES string of the molecule is O=c1c(-c2ccc(Cl)cc2)c2n(c(=O)n1CCCCN1CCCC(c3c[nH]c4ccccc34)C1)CCCC2. The topological polar surface area (TPSA) is 63.0 Å². The van der Waals surface area contributed by atoms with Crippen LogP contribution in [0.4, 0.5) is 0 Å². The molecule has 4 aromatic rings. The van der Waals surface area contributed by atoms with Crippen LogP contribution in [0.1, 0.15) is 55.7 Å². The van der Waals surface area contributed by atoms with Gasteiger partial charge in [-0.15, -0.1) is 0 Å². The van der Waals surface area contributed by atoms with Gasteiger partial charge < -0.3 is 9.88 Å². The quantitative estimate of drug-likeness (QED) is 0.307. The van der Waals surface area contributed by atoms with Gasteiger partial charge in [-0.3, -0.25) is 13.9 Å². The highest BCUT2D eigenvalue weighted by atomic mass is 35.5. The molecule has 0 saturated carbocycles. The zero-order chi connectivity index (χ0) is 26.1. The maximum Gasteiger partial charge on any atom is 0.331 e. The molecule has 1 N–H and O–H groups in total. The van der Waals surface area contributed by atoms with E-state index in [1.807, 2.05) is 28.8 Å². The molecule has 6 nitrogen and oxygen atoms in total. The predicted molar refractivity (Wildman–Crippen MR) is 154 cm³/mol. The summed E-state index contributed by atoms with van der Waals surface area (Å²) in [5.41, 5.74) is 4.70. The van der Waals surface area contributed by atoms with Crippen molar-refractivity contribution in [3.63, 3.8) is 0 Å². The number of unbranched alkanes of at least 4 members (excludes halogenated alkanes) is 1. The van der Waals surface area contributed by atoms with E-state index < -0.39 is 0 Å². The summed E-state index contributed by atoms with van der Waals surface area (Å²) in [7, 11) is 0. The van der Waals surface area contributed by atoms with Gasteiger partial charge in [0, 0.05) is 47.5 Å². The number of H-pyrrole nitrogens is 1. The highest BCUT2D eigenvalue weighted by Gasteiger charge is 2.24. The minimum Gasteiger partial charge on any atom is -0.361 e. The van der Waals surface area contributed by atoms with E-state index in [9.17, 15) is 9.59 Å². The molecule has 2 aromatic carbocycles. The number of fused-ring (bicyclic) bond motifs is 2. The van der Waals surface area contributed by atoms with Crippen LogP contribution in [0, 0.1) is 0 Å². The highest BCUT2D eigenvalue weighted by Crippen LogP contribution is 2.32. The molecule has 0 bridgehead atoms. The lowest BCUT2D eigenvalue weighted by molar-refractivity contribution is 0.204. The average Bonchev–Trinajstić information content (AvgIpc) is 3.38. The first-order valence-electron chi connectivity index (χ1n) is 14.0. The fraction of sp³-hybridized carbons (Fsp3) is 0.419. The number of benzene rings is 2. The molecule has 0 amide bonds. The number of piperidine rings is 1. The third kappa shape index (κ3) is 4.87. The van der Waals surface area contributed by atoms with Gasteiger partial charge in [-0.25, -0.2) is 4.79 Å². The minimum atomic E-state index is -0.164. The second-order valence-corrected chi connectivity index (χ2v) is 11.2. The normalized spacial score (nSPS) is 18.1. The van der Waals surface area contributed by atoms with Crippen LogP contribution in [-0.4, -0.2) is 38.7 Å². The smallest absolute Gasteiger partial charge is 0.331 e. The fourth-order valence-corrected chi connectivity index (χ4v) is 6.57. The molecular weight excluding hydrogens is 496 g/mol. The lowest BCUT2D eigenvalue weighted by atomic mass is 9.90. The third-order valence-corrected chi connectivity index (χ3v) is 8.64. The van der Waals surface area contributed by atoms with Crippen molar-refractivity contribution in [3.05, 3.63) is 91.8 Å². The van der Waals surface area contributed by atoms with E-state index in [1.54, 1.807) is 0 Å². The molecule has 6 rings (SSSR count). The summed E-state index contributed by atoms with van der Waals surface area (Å²) >= 11 is 6.11. The molecule has 0 radical (unpaired) electrons. The van der Waals surface area contributed by atoms with Crippen molar-refractivity contribution in [2.24, 2.45) is 0 Å². The van der Waals surface area contributed by atoms with Crippen LogP contribution >= 0.6 is 11.6 Å². The maximum atomic E-state index is 13.6. The molecular formula is C31H35ClN4O2. The maximum absolute atomic E-state index is 13.6. The van der Waals surface area contributed by atoms with Gasteiger partial charge in [0.25, 0.3) is 5.56 Å². The Morgan fingerprint density at radius 1 is 0.921 bits per heavy atom. The Bertz CT molecular complexity index is 1550. The van der Waals surface area contributed by atoms with Gasteiger partial charge in [0.1, 0.15) is 0 Å². The van der Waals surface area contributed by atoms with E-state index in [2.05, 4.69) is 40.3 Å². The van der Waals surface area contributed by atoms with Crippen molar-refractivity contribution in [2.45, 2.75) is 64.0 Å². The van der Waals surface area contributed by atoms with Crippen molar-refractivity contribution in [2.75, 3.05) is 19.6 Å².